The van der Waals surface area contributed by atoms with E-state index in [1.54, 1.807) is 41.2 Å². The summed E-state index contributed by atoms with van der Waals surface area (Å²) in [6.07, 6.45) is 3.49. The predicted octanol–water partition coefficient (Wildman–Crippen LogP) is 3.57. The number of rotatable bonds is 6. The van der Waals surface area contributed by atoms with E-state index in [-0.39, 0.29) is 12.2 Å². The molecule has 8 N–H and O–H groups in total. The van der Waals surface area contributed by atoms with Crippen LogP contribution in [0.2, 0.25) is 0 Å². The van der Waals surface area contributed by atoms with Gasteiger partial charge in [-0.2, -0.15) is 0 Å². The number of para-hydroxylation sites is 1. The van der Waals surface area contributed by atoms with Gasteiger partial charge < -0.3 is 22.9 Å². The molecule has 0 fully saturated rings. The minimum Gasteiger partial charge on any atom is -0.398 e. The zero-order valence-electron chi connectivity index (χ0n) is 17.9. The van der Waals surface area contributed by atoms with Crippen LogP contribution in [0.15, 0.2) is 60.9 Å². The van der Waals surface area contributed by atoms with E-state index in [0.717, 1.165) is 5.56 Å². The van der Waals surface area contributed by atoms with E-state index < -0.39 is 5.91 Å². The number of nitrogens with two attached hydrogens (primary N) is 2. The first-order chi connectivity index (χ1) is 14.9. The Balaban J connectivity index is 0.00000289. The maximum atomic E-state index is 11.9. The minimum absolute atomic E-state index is 0. The van der Waals surface area contributed by atoms with Crippen molar-refractivity contribution >= 4 is 23.2 Å². The lowest BCUT2D eigenvalue weighted by Gasteiger charge is -2.13. The Morgan fingerprint density at radius 2 is 1.84 bits per heavy atom. The summed E-state index contributed by atoms with van der Waals surface area (Å²) in [5.74, 6) is -0.147. The average molecular weight is 432 g/mol. The lowest BCUT2D eigenvalue weighted by Crippen LogP contribution is -2.13. The van der Waals surface area contributed by atoms with Crippen LogP contribution >= 0.6 is 0 Å². The Morgan fingerprint density at radius 1 is 1.06 bits per heavy atom. The number of benzene rings is 2. The van der Waals surface area contributed by atoms with Gasteiger partial charge in [-0.1, -0.05) is 23.4 Å². The highest BCUT2D eigenvalue weighted by Gasteiger charge is 2.14. The van der Waals surface area contributed by atoms with E-state index in [1.165, 1.54) is 0 Å². The lowest BCUT2D eigenvalue weighted by molar-refractivity contribution is 0.100. The van der Waals surface area contributed by atoms with Crippen LogP contribution in [0, 0.1) is 0 Å². The fraction of sp³-hybridized carbons (Fsp3) is 0.136. The van der Waals surface area contributed by atoms with Gasteiger partial charge in [-0.15, -0.1) is 5.10 Å². The molecule has 32 heavy (non-hydrogen) atoms. The van der Waals surface area contributed by atoms with Crippen molar-refractivity contribution in [3.05, 3.63) is 66.5 Å². The van der Waals surface area contributed by atoms with Gasteiger partial charge >= 0.3 is 0 Å². The molecular formula is C22H25N9O. The molecule has 2 aromatic heterocycles. The van der Waals surface area contributed by atoms with Gasteiger partial charge in [0.15, 0.2) is 0 Å². The molecule has 164 valence electrons. The number of amides is 1. The molecule has 10 nitrogen and oxygen atoms in total. The van der Waals surface area contributed by atoms with Crippen LogP contribution in [0.4, 0.5) is 17.3 Å². The Kier molecular flexibility index (Phi) is 6.45. The average Bonchev–Trinajstić information content (AvgIpc) is 3.25. The Hall–Kier alpha value is -4.31. The Bertz CT molecular complexity index is 1250. The van der Waals surface area contributed by atoms with Crippen LogP contribution in [-0.2, 0) is 0 Å². The first-order valence-corrected chi connectivity index (χ1v) is 9.73. The highest BCUT2D eigenvalue weighted by Crippen LogP contribution is 2.32. The van der Waals surface area contributed by atoms with Crippen molar-refractivity contribution in [2.45, 2.75) is 19.9 Å². The van der Waals surface area contributed by atoms with E-state index in [1.807, 2.05) is 38.2 Å². The standard InChI is InChI=1S/C22H22N8O.H3N/c1-13(2)30-12-20(28-29-30)19-9-10-25-22(27-19)26-14-7-8-16(21(24)31)17(11-14)15-5-3-4-6-18(15)23;/h3-13H,23H2,1-2H3,(H2,24,31)(H,25,26,27);1H3. The topological polar surface area (TPSA) is 173 Å². The lowest BCUT2D eigenvalue weighted by atomic mass is 9.97. The quantitative estimate of drug-likeness (QED) is 0.335. The van der Waals surface area contributed by atoms with Crippen molar-refractivity contribution in [1.29, 1.82) is 0 Å². The summed E-state index contributed by atoms with van der Waals surface area (Å²) in [7, 11) is 0. The SMILES string of the molecule is CC(C)n1cc(-c2ccnc(Nc3ccc(C(N)=O)c(-c4ccccc4N)c3)n2)nn1.N. The van der Waals surface area contributed by atoms with Gasteiger partial charge in [0.05, 0.1) is 11.9 Å². The number of carbonyl (C=O) groups is 1. The predicted molar refractivity (Wildman–Crippen MR) is 125 cm³/mol. The van der Waals surface area contributed by atoms with E-state index in [4.69, 9.17) is 11.5 Å². The van der Waals surface area contributed by atoms with Crippen LogP contribution in [0.5, 0.6) is 0 Å². The molecule has 0 aliphatic heterocycles. The Morgan fingerprint density at radius 3 is 2.53 bits per heavy atom. The number of hydrogen-bond acceptors (Lipinski definition) is 8. The minimum atomic E-state index is -0.531. The monoisotopic (exact) mass is 431 g/mol. The summed E-state index contributed by atoms with van der Waals surface area (Å²) >= 11 is 0. The third-order valence-corrected chi connectivity index (χ3v) is 4.75. The molecule has 2 aromatic carbocycles. The smallest absolute Gasteiger partial charge is 0.249 e. The van der Waals surface area contributed by atoms with Crippen molar-refractivity contribution in [3.63, 3.8) is 0 Å². The van der Waals surface area contributed by atoms with Gasteiger partial charge in [-0.3, -0.25) is 4.79 Å². The summed E-state index contributed by atoms with van der Waals surface area (Å²) < 4.78 is 1.77. The van der Waals surface area contributed by atoms with Gasteiger partial charge in [0.25, 0.3) is 0 Å². The van der Waals surface area contributed by atoms with Gasteiger partial charge in [0, 0.05) is 34.7 Å². The fourth-order valence-corrected chi connectivity index (χ4v) is 3.14. The number of nitrogens with zero attached hydrogens (tertiary/aromatic N) is 5. The summed E-state index contributed by atoms with van der Waals surface area (Å²) in [6.45, 7) is 4.05. The molecule has 4 rings (SSSR count). The number of nitrogens with one attached hydrogen (secondary N) is 1. The van der Waals surface area contributed by atoms with E-state index in [9.17, 15) is 4.79 Å². The van der Waals surface area contributed by atoms with Gasteiger partial charge in [0.1, 0.15) is 5.69 Å². The molecule has 0 aliphatic rings. The molecule has 0 aliphatic carbocycles. The molecule has 0 radical (unpaired) electrons. The summed E-state index contributed by atoms with van der Waals surface area (Å²) in [6, 6.07) is 14.5. The highest BCUT2D eigenvalue weighted by molar-refractivity contribution is 6.02. The van der Waals surface area contributed by atoms with Crippen LogP contribution in [0.3, 0.4) is 0 Å². The van der Waals surface area contributed by atoms with E-state index >= 15 is 0 Å². The summed E-state index contributed by atoms with van der Waals surface area (Å²) in [5.41, 5.74) is 16.0. The molecule has 1 amide bonds. The first-order valence-electron chi connectivity index (χ1n) is 9.73. The molecule has 0 bridgehead atoms. The van der Waals surface area contributed by atoms with Gasteiger partial charge in [-0.05, 0) is 49.7 Å². The van der Waals surface area contributed by atoms with Crippen molar-refractivity contribution in [2.24, 2.45) is 5.73 Å². The number of primary amides is 1. The van der Waals surface area contributed by atoms with Crippen molar-refractivity contribution in [3.8, 4) is 22.5 Å². The molecule has 0 unspecified atom stereocenters. The largest absolute Gasteiger partial charge is 0.398 e. The molecule has 2 heterocycles. The Labute approximate surface area is 185 Å². The first kappa shape index (κ1) is 22.4. The zero-order valence-corrected chi connectivity index (χ0v) is 17.9. The van der Waals surface area contributed by atoms with Crippen LogP contribution in [-0.4, -0.2) is 30.9 Å². The van der Waals surface area contributed by atoms with E-state index in [2.05, 4.69) is 25.6 Å². The van der Waals surface area contributed by atoms with Gasteiger partial charge in [0.2, 0.25) is 11.9 Å². The second-order valence-corrected chi connectivity index (χ2v) is 7.28. The second-order valence-electron chi connectivity index (χ2n) is 7.28. The van der Waals surface area contributed by atoms with Crippen molar-refractivity contribution in [1.82, 2.24) is 31.1 Å². The highest BCUT2D eigenvalue weighted by atomic mass is 16.1. The molecular weight excluding hydrogens is 406 g/mol. The maximum Gasteiger partial charge on any atom is 0.249 e. The van der Waals surface area contributed by atoms with Crippen LogP contribution < -0.4 is 22.9 Å². The molecule has 0 spiro atoms. The summed E-state index contributed by atoms with van der Waals surface area (Å²) in [4.78, 5) is 20.8. The molecule has 0 saturated carbocycles. The third kappa shape index (κ3) is 4.55. The second kappa shape index (κ2) is 9.23. The number of nitrogen functional groups attached to an aromatic ring is 1. The van der Waals surface area contributed by atoms with E-state index in [0.29, 0.717) is 39.8 Å². The number of carbonyl (C=O) groups excluding carboxylic acids is 1. The normalized spacial score (nSPS) is 10.6. The zero-order chi connectivity index (χ0) is 22.0. The molecule has 0 atom stereocenters. The fourth-order valence-electron chi connectivity index (χ4n) is 3.14. The number of aromatic nitrogens is 5. The van der Waals surface area contributed by atoms with Gasteiger partial charge in [-0.25, -0.2) is 14.6 Å². The van der Waals surface area contributed by atoms with Crippen molar-refractivity contribution < 1.29 is 4.79 Å². The molecule has 4 aromatic rings. The summed E-state index contributed by atoms with van der Waals surface area (Å²) in [5, 5.41) is 11.5. The third-order valence-electron chi connectivity index (χ3n) is 4.75. The van der Waals surface area contributed by atoms with Crippen LogP contribution in [0.25, 0.3) is 22.5 Å². The van der Waals surface area contributed by atoms with Crippen molar-refractivity contribution in [2.75, 3.05) is 11.1 Å². The molecule has 10 heteroatoms. The number of hydrogen-bond donors (Lipinski definition) is 4. The maximum absolute atomic E-state index is 11.9. The van der Waals surface area contributed by atoms with Crippen LogP contribution in [0.1, 0.15) is 30.2 Å². The number of anilines is 3. The molecule has 0 saturated heterocycles.